The monoisotopic (exact) mass is 253 g/mol. The van der Waals surface area contributed by atoms with Crippen LogP contribution in [0.2, 0.25) is 0 Å². The molecule has 3 rings (SSSR count). The molecular formula is C14H11N3O2. The van der Waals surface area contributed by atoms with E-state index in [0.29, 0.717) is 24.8 Å². The number of benzene rings is 1. The number of para-hydroxylation sites is 1. The molecule has 0 saturated heterocycles. The minimum atomic E-state index is 0.451. The molecule has 0 atom stereocenters. The SMILES string of the molecule is C#CCNCc1nc(-c2coc3ccccc23)no1. The fraction of sp³-hybridized carbons (Fsp3) is 0.143. The number of furan rings is 1. The quantitative estimate of drug-likeness (QED) is 0.570. The van der Waals surface area contributed by atoms with Gasteiger partial charge in [0, 0.05) is 5.39 Å². The Kier molecular flexibility index (Phi) is 3.01. The van der Waals surface area contributed by atoms with Gasteiger partial charge in [0.25, 0.3) is 0 Å². The standard InChI is InChI=1S/C14H11N3O2/c1-2-7-15-8-13-16-14(17-19-13)11-9-18-12-6-4-3-5-10(11)12/h1,3-6,9,15H,7-8H2. The van der Waals surface area contributed by atoms with Gasteiger partial charge in [-0.25, -0.2) is 0 Å². The maximum Gasteiger partial charge on any atom is 0.240 e. The normalized spacial score (nSPS) is 10.7. The summed E-state index contributed by atoms with van der Waals surface area (Å²) in [5.41, 5.74) is 1.62. The van der Waals surface area contributed by atoms with E-state index < -0.39 is 0 Å². The van der Waals surface area contributed by atoms with E-state index in [9.17, 15) is 0 Å². The van der Waals surface area contributed by atoms with Crippen molar-refractivity contribution in [1.29, 1.82) is 0 Å². The molecule has 0 unspecified atom stereocenters. The Labute approximate surface area is 109 Å². The number of nitrogens with one attached hydrogen (secondary N) is 1. The third-order valence-corrected chi connectivity index (χ3v) is 2.69. The lowest BCUT2D eigenvalue weighted by molar-refractivity contribution is 0.370. The van der Waals surface area contributed by atoms with Crippen LogP contribution >= 0.6 is 0 Å². The van der Waals surface area contributed by atoms with Crippen LogP contribution in [-0.2, 0) is 6.54 Å². The van der Waals surface area contributed by atoms with Crippen LogP contribution in [0.4, 0.5) is 0 Å². The van der Waals surface area contributed by atoms with E-state index in [1.165, 1.54) is 0 Å². The highest BCUT2D eigenvalue weighted by atomic mass is 16.5. The first-order chi connectivity index (χ1) is 9.38. The smallest absolute Gasteiger partial charge is 0.240 e. The predicted molar refractivity (Wildman–Crippen MR) is 70.0 cm³/mol. The van der Waals surface area contributed by atoms with Gasteiger partial charge in [-0.2, -0.15) is 4.98 Å². The topological polar surface area (TPSA) is 64.1 Å². The Balaban J connectivity index is 1.88. The fourth-order valence-corrected chi connectivity index (χ4v) is 1.83. The summed E-state index contributed by atoms with van der Waals surface area (Å²) in [6.45, 7) is 0.916. The molecule has 0 aliphatic rings. The zero-order valence-corrected chi connectivity index (χ0v) is 10.1. The van der Waals surface area contributed by atoms with E-state index in [1.54, 1.807) is 6.26 Å². The van der Waals surface area contributed by atoms with Crippen molar-refractivity contribution >= 4 is 11.0 Å². The summed E-state index contributed by atoms with van der Waals surface area (Å²) in [6.07, 6.45) is 6.78. The van der Waals surface area contributed by atoms with Crippen LogP contribution in [0.3, 0.4) is 0 Å². The van der Waals surface area contributed by atoms with Crippen molar-refractivity contribution in [2.45, 2.75) is 6.54 Å². The van der Waals surface area contributed by atoms with Crippen molar-refractivity contribution in [3.05, 3.63) is 36.4 Å². The van der Waals surface area contributed by atoms with Crippen molar-refractivity contribution in [3.63, 3.8) is 0 Å². The molecule has 2 heterocycles. The van der Waals surface area contributed by atoms with Gasteiger partial charge < -0.3 is 8.94 Å². The molecule has 0 aliphatic carbocycles. The van der Waals surface area contributed by atoms with Crippen LogP contribution in [-0.4, -0.2) is 16.7 Å². The Morgan fingerprint density at radius 2 is 2.21 bits per heavy atom. The van der Waals surface area contributed by atoms with Gasteiger partial charge in [-0.1, -0.05) is 29.3 Å². The number of nitrogens with zero attached hydrogens (tertiary/aromatic N) is 2. The van der Waals surface area contributed by atoms with E-state index >= 15 is 0 Å². The van der Waals surface area contributed by atoms with Crippen molar-refractivity contribution in [1.82, 2.24) is 15.5 Å². The summed E-state index contributed by atoms with van der Waals surface area (Å²) in [5, 5.41) is 7.91. The van der Waals surface area contributed by atoms with E-state index in [0.717, 1.165) is 16.5 Å². The van der Waals surface area contributed by atoms with Crippen LogP contribution in [0, 0.1) is 12.3 Å². The number of hydrogen-bond acceptors (Lipinski definition) is 5. The molecule has 5 nitrogen and oxygen atoms in total. The second-order valence-electron chi connectivity index (χ2n) is 3.96. The first-order valence-electron chi connectivity index (χ1n) is 5.82. The first kappa shape index (κ1) is 11.5. The third kappa shape index (κ3) is 2.21. The Morgan fingerprint density at radius 3 is 3.11 bits per heavy atom. The molecule has 5 heteroatoms. The van der Waals surface area contributed by atoms with E-state index in [2.05, 4.69) is 21.4 Å². The molecule has 0 radical (unpaired) electrons. The molecule has 3 aromatic rings. The lowest BCUT2D eigenvalue weighted by Gasteiger charge is -1.92. The molecular weight excluding hydrogens is 242 g/mol. The summed E-state index contributed by atoms with van der Waals surface area (Å²) >= 11 is 0. The molecule has 0 saturated carbocycles. The predicted octanol–water partition coefficient (Wildman–Crippen LogP) is 2.21. The fourth-order valence-electron chi connectivity index (χ4n) is 1.83. The molecule has 0 fully saturated rings. The van der Waals surface area contributed by atoms with E-state index in [4.69, 9.17) is 15.4 Å². The van der Waals surface area contributed by atoms with Gasteiger partial charge in [0.1, 0.15) is 11.8 Å². The minimum absolute atomic E-state index is 0.451. The van der Waals surface area contributed by atoms with Gasteiger partial charge in [0.15, 0.2) is 0 Å². The van der Waals surface area contributed by atoms with Crippen molar-refractivity contribution < 1.29 is 8.94 Å². The van der Waals surface area contributed by atoms with Crippen LogP contribution in [0.25, 0.3) is 22.4 Å². The lowest BCUT2D eigenvalue weighted by atomic mass is 10.2. The average Bonchev–Trinajstić information content (AvgIpc) is 3.05. The summed E-state index contributed by atoms with van der Waals surface area (Å²) in [4.78, 5) is 4.31. The van der Waals surface area contributed by atoms with Crippen LogP contribution in [0.15, 0.2) is 39.5 Å². The highest BCUT2D eigenvalue weighted by molar-refractivity contribution is 5.91. The molecule has 2 aromatic heterocycles. The molecule has 0 amide bonds. The van der Waals surface area contributed by atoms with Gasteiger partial charge in [-0.15, -0.1) is 6.42 Å². The maximum atomic E-state index is 5.45. The first-order valence-corrected chi connectivity index (χ1v) is 5.82. The molecule has 1 aromatic carbocycles. The van der Waals surface area contributed by atoms with Crippen molar-refractivity contribution in [2.24, 2.45) is 0 Å². The van der Waals surface area contributed by atoms with Gasteiger partial charge in [0.2, 0.25) is 11.7 Å². The lowest BCUT2D eigenvalue weighted by Crippen LogP contribution is -2.13. The molecule has 1 N–H and O–H groups in total. The van der Waals surface area contributed by atoms with E-state index in [1.807, 2.05) is 24.3 Å². The summed E-state index contributed by atoms with van der Waals surface area (Å²) in [7, 11) is 0. The molecule has 0 bridgehead atoms. The highest BCUT2D eigenvalue weighted by Crippen LogP contribution is 2.28. The summed E-state index contributed by atoms with van der Waals surface area (Å²) in [5.74, 6) is 3.49. The summed E-state index contributed by atoms with van der Waals surface area (Å²) in [6, 6.07) is 7.72. The number of hydrogen-bond donors (Lipinski definition) is 1. The largest absolute Gasteiger partial charge is 0.464 e. The Morgan fingerprint density at radius 1 is 1.32 bits per heavy atom. The Hall–Kier alpha value is -2.58. The third-order valence-electron chi connectivity index (χ3n) is 2.69. The minimum Gasteiger partial charge on any atom is -0.464 e. The number of aromatic nitrogens is 2. The van der Waals surface area contributed by atoms with Gasteiger partial charge in [0.05, 0.1) is 18.7 Å². The molecule has 0 aliphatic heterocycles. The number of fused-ring (bicyclic) bond motifs is 1. The summed E-state index contributed by atoms with van der Waals surface area (Å²) < 4.78 is 10.6. The van der Waals surface area contributed by atoms with Crippen LogP contribution in [0.1, 0.15) is 5.89 Å². The van der Waals surface area contributed by atoms with Gasteiger partial charge in [-0.05, 0) is 6.07 Å². The highest BCUT2D eigenvalue weighted by Gasteiger charge is 2.13. The second-order valence-corrected chi connectivity index (χ2v) is 3.96. The van der Waals surface area contributed by atoms with Crippen LogP contribution < -0.4 is 5.32 Å². The van der Waals surface area contributed by atoms with Crippen molar-refractivity contribution in [2.75, 3.05) is 6.54 Å². The molecule has 0 spiro atoms. The second kappa shape index (κ2) is 4.96. The van der Waals surface area contributed by atoms with E-state index in [-0.39, 0.29) is 0 Å². The van der Waals surface area contributed by atoms with Crippen molar-refractivity contribution in [3.8, 4) is 23.7 Å². The Bertz CT molecular complexity index is 736. The maximum absolute atomic E-state index is 5.45. The zero-order chi connectivity index (χ0) is 13.1. The van der Waals surface area contributed by atoms with Gasteiger partial charge in [-0.3, -0.25) is 5.32 Å². The zero-order valence-electron chi connectivity index (χ0n) is 10.1. The van der Waals surface area contributed by atoms with Crippen LogP contribution in [0.5, 0.6) is 0 Å². The number of rotatable bonds is 4. The average molecular weight is 253 g/mol. The molecule has 94 valence electrons. The van der Waals surface area contributed by atoms with Gasteiger partial charge >= 0.3 is 0 Å². The number of terminal acetylenes is 1. The molecule has 19 heavy (non-hydrogen) atoms.